The summed E-state index contributed by atoms with van der Waals surface area (Å²) in [5, 5.41) is 0. The lowest BCUT2D eigenvalue weighted by Crippen LogP contribution is -1.89. The Balaban J connectivity index is 3.93. The van der Waals surface area contributed by atoms with Crippen LogP contribution < -0.4 is 0 Å². The lowest BCUT2D eigenvalue weighted by atomic mass is 10.1. The van der Waals surface area contributed by atoms with Crippen molar-refractivity contribution in [1.82, 2.24) is 0 Å². The van der Waals surface area contributed by atoms with Gasteiger partial charge in [-0.1, -0.05) is 47.6 Å². The third-order valence-electron chi connectivity index (χ3n) is 2.63. The standard InChI is InChI=1S/C16H26O/c1-6-14(2)9-7-10-15(3)11-8-12-16(4)13-17-5/h6,9-10,12H,1,7-8,11,13H2,2-5H3/b14-9+,15-10+,16-12+. The number of hydrogen-bond donors (Lipinski definition) is 0. The van der Waals surface area contributed by atoms with Gasteiger partial charge in [0.1, 0.15) is 0 Å². The van der Waals surface area contributed by atoms with Gasteiger partial charge in [0.25, 0.3) is 0 Å². The molecule has 0 saturated carbocycles. The van der Waals surface area contributed by atoms with E-state index in [1.54, 1.807) is 7.11 Å². The Labute approximate surface area is 107 Å². The molecule has 0 amide bonds. The molecule has 1 heteroatoms. The number of rotatable bonds is 8. The van der Waals surface area contributed by atoms with E-state index in [4.69, 9.17) is 4.74 Å². The van der Waals surface area contributed by atoms with Gasteiger partial charge in [0, 0.05) is 7.11 Å². The Morgan fingerprint density at radius 3 is 2.35 bits per heavy atom. The maximum Gasteiger partial charge on any atom is 0.0670 e. The van der Waals surface area contributed by atoms with Gasteiger partial charge < -0.3 is 4.74 Å². The van der Waals surface area contributed by atoms with Crippen LogP contribution in [0.3, 0.4) is 0 Å². The Hall–Kier alpha value is -1.08. The zero-order chi connectivity index (χ0) is 13.1. The van der Waals surface area contributed by atoms with Crippen molar-refractivity contribution in [3.63, 3.8) is 0 Å². The van der Waals surface area contributed by atoms with Gasteiger partial charge in [0.2, 0.25) is 0 Å². The maximum absolute atomic E-state index is 5.06. The molecule has 0 unspecified atom stereocenters. The van der Waals surface area contributed by atoms with Crippen LogP contribution in [0.2, 0.25) is 0 Å². The van der Waals surface area contributed by atoms with Crippen LogP contribution in [0.1, 0.15) is 40.0 Å². The molecule has 0 fully saturated rings. The molecule has 0 spiro atoms. The van der Waals surface area contributed by atoms with Crippen molar-refractivity contribution < 1.29 is 4.74 Å². The number of ether oxygens (including phenoxy) is 1. The topological polar surface area (TPSA) is 9.23 Å². The molecule has 0 aromatic carbocycles. The smallest absolute Gasteiger partial charge is 0.0670 e. The Bertz CT molecular complexity index is 305. The van der Waals surface area contributed by atoms with Crippen LogP contribution in [0.25, 0.3) is 0 Å². The molecule has 0 bridgehead atoms. The Morgan fingerprint density at radius 2 is 1.76 bits per heavy atom. The van der Waals surface area contributed by atoms with Gasteiger partial charge in [-0.15, -0.1) is 0 Å². The van der Waals surface area contributed by atoms with Crippen molar-refractivity contribution in [1.29, 1.82) is 0 Å². The van der Waals surface area contributed by atoms with E-state index in [1.807, 2.05) is 6.08 Å². The first-order valence-electron chi connectivity index (χ1n) is 6.19. The lowest BCUT2D eigenvalue weighted by Gasteiger charge is -2.00. The number of allylic oxidation sites excluding steroid dienone is 6. The van der Waals surface area contributed by atoms with Crippen LogP contribution >= 0.6 is 0 Å². The highest BCUT2D eigenvalue weighted by molar-refractivity contribution is 5.15. The zero-order valence-corrected chi connectivity index (χ0v) is 11.8. The van der Waals surface area contributed by atoms with Crippen molar-refractivity contribution in [2.45, 2.75) is 40.0 Å². The normalized spacial score (nSPS) is 14.0. The van der Waals surface area contributed by atoms with E-state index in [0.717, 1.165) is 25.9 Å². The van der Waals surface area contributed by atoms with Crippen molar-refractivity contribution in [3.8, 4) is 0 Å². The van der Waals surface area contributed by atoms with E-state index >= 15 is 0 Å². The molecule has 0 aliphatic carbocycles. The van der Waals surface area contributed by atoms with Crippen molar-refractivity contribution in [2.75, 3.05) is 13.7 Å². The SMILES string of the molecule is C=C/C(C)=C/C/C=C(\C)CC/C=C(\C)COC. The highest BCUT2D eigenvalue weighted by Gasteiger charge is 1.90. The van der Waals surface area contributed by atoms with E-state index < -0.39 is 0 Å². The van der Waals surface area contributed by atoms with Gasteiger partial charge in [-0.3, -0.25) is 0 Å². The van der Waals surface area contributed by atoms with Crippen molar-refractivity contribution in [3.05, 3.63) is 47.6 Å². The first-order chi connectivity index (χ1) is 8.10. The van der Waals surface area contributed by atoms with E-state index in [-0.39, 0.29) is 0 Å². The molecule has 0 aromatic heterocycles. The van der Waals surface area contributed by atoms with Crippen molar-refractivity contribution >= 4 is 0 Å². The predicted octanol–water partition coefficient (Wildman–Crippen LogP) is 4.83. The molecule has 0 aliphatic rings. The van der Waals surface area contributed by atoms with Crippen LogP contribution in [-0.2, 0) is 4.74 Å². The average molecular weight is 234 g/mol. The molecule has 0 aromatic rings. The largest absolute Gasteiger partial charge is 0.380 e. The fourth-order valence-electron chi connectivity index (χ4n) is 1.46. The van der Waals surface area contributed by atoms with Gasteiger partial charge in [-0.25, -0.2) is 0 Å². The van der Waals surface area contributed by atoms with Crippen LogP contribution in [0, 0.1) is 0 Å². The first-order valence-corrected chi connectivity index (χ1v) is 6.19. The van der Waals surface area contributed by atoms with Crippen molar-refractivity contribution in [2.24, 2.45) is 0 Å². The van der Waals surface area contributed by atoms with Gasteiger partial charge >= 0.3 is 0 Å². The Kier molecular flexibility index (Phi) is 9.46. The van der Waals surface area contributed by atoms with Crippen LogP contribution in [0.4, 0.5) is 0 Å². The molecule has 0 heterocycles. The minimum atomic E-state index is 0.740. The summed E-state index contributed by atoms with van der Waals surface area (Å²) >= 11 is 0. The molecule has 1 nitrogen and oxygen atoms in total. The summed E-state index contributed by atoms with van der Waals surface area (Å²) < 4.78 is 5.06. The van der Waals surface area contributed by atoms with Gasteiger partial charge in [-0.05, 0) is 40.0 Å². The molecule has 0 radical (unpaired) electrons. The number of methoxy groups -OCH3 is 1. The highest BCUT2D eigenvalue weighted by atomic mass is 16.5. The summed E-state index contributed by atoms with van der Waals surface area (Å²) in [4.78, 5) is 0. The quantitative estimate of drug-likeness (QED) is 0.432. The summed E-state index contributed by atoms with van der Waals surface area (Å²) in [7, 11) is 1.73. The minimum absolute atomic E-state index is 0.740. The predicted molar refractivity (Wildman–Crippen MR) is 77.2 cm³/mol. The fraction of sp³-hybridized carbons (Fsp3) is 0.500. The van der Waals surface area contributed by atoms with E-state index in [2.05, 4.69) is 45.6 Å². The summed E-state index contributed by atoms with van der Waals surface area (Å²) in [5.74, 6) is 0. The summed E-state index contributed by atoms with van der Waals surface area (Å²) in [6, 6.07) is 0. The second-order valence-electron chi connectivity index (χ2n) is 4.46. The van der Waals surface area contributed by atoms with Gasteiger partial charge in [0.05, 0.1) is 6.61 Å². The molecule has 0 N–H and O–H groups in total. The molecule has 96 valence electrons. The molecular weight excluding hydrogens is 208 g/mol. The van der Waals surface area contributed by atoms with E-state index in [9.17, 15) is 0 Å². The molecule has 0 rings (SSSR count). The molecule has 0 atom stereocenters. The summed E-state index contributed by atoms with van der Waals surface area (Å²) in [6.45, 7) is 10.9. The third kappa shape index (κ3) is 9.83. The second kappa shape index (κ2) is 10.1. The highest BCUT2D eigenvalue weighted by Crippen LogP contribution is 2.09. The van der Waals surface area contributed by atoms with Gasteiger partial charge in [-0.2, -0.15) is 0 Å². The van der Waals surface area contributed by atoms with E-state index in [0.29, 0.717) is 0 Å². The van der Waals surface area contributed by atoms with Crippen LogP contribution in [-0.4, -0.2) is 13.7 Å². The third-order valence-corrected chi connectivity index (χ3v) is 2.63. The van der Waals surface area contributed by atoms with Crippen LogP contribution in [0.5, 0.6) is 0 Å². The maximum atomic E-state index is 5.06. The minimum Gasteiger partial charge on any atom is -0.380 e. The number of hydrogen-bond acceptors (Lipinski definition) is 1. The molecule has 0 saturated heterocycles. The first kappa shape index (κ1) is 15.9. The van der Waals surface area contributed by atoms with Gasteiger partial charge in [0.15, 0.2) is 0 Å². The lowest BCUT2D eigenvalue weighted by molar-refractivity contribution is 0.225. The molecule has 0 aliphatic heterocycles. The Morgan fingerprint density at radius 1 is 1.06 bits per heavy atom. The zero-order valence-electron chi connectivity index (χ0n) is 11.8. The van der Waals surface area contributed by atoms with Crippen LogP contribution in [0.15, 0.2) is 47.6 Å². The fourth-order valence-corrected chi connectivity index (χ4v) is 1.46. The monoisotopic (exact) mass is 234 g/mol. The average Bonchev–Trinajstić information content (AvgIpc) is 2.29. The summed E-state index contributed by atoms with van der Waals surface area (Å²) in [5.41, 5.74) is 3.99. The molecule has 17 heavy (non-hydrogen) atoms. The second-order valence-corrected chi connectivity index (χ2v) is 4.46. The molecular formula is C16H26O. The summed E-state index contributed by atoms with van der Waals surface area (Å²) in [6.07, 6.45) is 11.9. The van der Waals surface area contributed by atoms with E-state index in [1.165, 1.54) is 16.7 Å².